The second-order valence-corrected chi connectivity index (χ2v) is 8.47. The van der Waals surface area contributed by atoms with Gasteiger partial charge in [0, 0.05) is 7.11 Å². The van der Waals surface area contributed by atoms with Gasteiger partial charge in [0.1, 0.15) is 5.75 Å². The lowest BCUT2D eigenvalue weighted by Crippen LogP contribution is -2.45. The molecule has 1 fully saturated rings. The molecule has 1 saturated heterocycles. The number of rotatable bonds is 6. The minimum atomic E-state index is -4.33. The highest BCUT2D eigenvalue weighted by molar-refractivity contribution is 7.53. The maximum atomic E-state index is 13.7. The summed E-state index contributed by atoms with van der Waals surface area (Å²) in [5.41, 5.74) is -0.507. The Hall–Kier alpha value is -3.41. The molecule has 0 radical (unpaired) electrons. The normalized spacial score (nSPS) is 17.3. The van der Waals surface area contributed by atoms with Crippen LogP contribution < -0.4 is 9.84 Å². The Bertz CT molecular complexity index is 1070. The number of para-hydroxylation sites is 1. The number of carbonyl (C=O) groups excluding carboxylic acids is 2. The van der Waals surface area contributed by atoms with Gasteiger partial charge in [-0.25, -0.2) is 9.36 Å². The molecule has 0 saturated carbocycles. The van der Waals surface area contributed by atoms with Crippen LogP contribution in [0, 0.1) is 0 Å². The molecule has 0 spiro atoms. The van der Waals surface area contributed by atoms with Crippen LogP contribution in [0.5, 0.6) is 5.75 Å². The van der Waals surface area contributed by atoms with Crippen molar-refractivity contribution >= 4 is 19.7 Å². The van der Waals surface area contributed by atoms with Crippen molar-refractivity contribution < 1.29 is 23.2 Å². The molecule has 8 heteroatoms. The minimum absolute atomic E-state index is 0.209. The standard InChI is InChI=1S/C22H19N2O5P/c1-28-30(27,29-19-15-9-4-10-16-19)24-20(25)22(23-21(24)26,17-11-5-2-6-12-17)18-13-7-3-8-14-18/h2-16H,1H3,(H,23,26). The van der Waals surface area contributed by atoms with Crippen molar-refractivity contribution in [3.63, 3.8) is 0 Å². The zero-order valence-electron chi connectivity index (χ0n) is 16.1. The van der Waals surface area contributed by atoms with E-state index in [1.165, 1.54) is 0 Å². The molecule has 3 aromatic carbocycles. The maximum Gasteiger partial charge on any atom is 0.499 e. The summed E-state index contributed by atoms with van der Waals surface area (Å²) in [6, 6.07) is 24.9. The Labute approximate surface area is 173 Å². The number of carbonyl (C=O) groups is 2. The number of hydrogen-bond acceptors (Lipinski definition) is 5. The van der Waals surface area contributed by atoms with Gasteiger partial charge >= 0.3 is 13.8 Å². The molecule has 1 unspecified atom stereocenters. The summed E-state index contributed by atoms with van der Waals surface area (Å²) in [7, 11) is -3.20. The van der Waals surface area contributed by atoms with Crippen molar-refractivity contribution in [3.05, 3.63) is 102 Å². The highest BCUT2D eigenvalue weighted by Gasteiger charge is 2.60. The third-order valence-corrected chi connectivity index (χ3v) is 6.61. The molecule has 1 aliphatic rings. The Morgan fingerprint density at radius 3 is 1.73 bits per heavy atom. The molecule has 3 aromatic rings. The first-order valence-electron chi connectivity index (χ1n) is 9.20. The Kier molecular flexibility index (Phi) is 5.16. The van der Waals surface area contributed by atoms with Gasteiger partial charge in [0.2, 0.25) is 0 Å². The SMILES string of the molecule is COP(=O)(Oc1ccccc1)N1C(=O)NC(c2ccccc2)(c2ccccc2)C1=O. The van der Waals surface area contributed by atoms with Crippen molar-refractivity contribution in [2.45, 2.75) is 5.54 Å². The van der Waals surface area contributed by atoms with Gasteiger partial charge in [-0.2, -0.15) is 4.67 Å². The van der Waals surface area contributed by atoms with Gasteiger partial charge in [-0.3, -0.25) is 9.32 Å². The summed E-state index contributed by atoms with van der Waals surface area (Å²) >= 11 is 0. The second kappa shape index (κ2) is 7.78. The molecule has 30 heavy (non-hydrogen) atoms. The lowest BCUT2D eigenvalue weighted by atomic mass is 9.83. The third kappa shape index (κ3) is 3.18. The van der Waals surface area contributed by atoms with Gasteiger partial charge in [-0.15, -0.1) is 0 Å². The van der Waals surface area contributed by atoms with Gasteiger partial charge in [0.25, 0.3) is 5.91 Å². The predicted molar refractivity (Wildman–Crippen MR) is 111 cm³/mol. The van der Waals surface area contributed by atoms with Crippen LogP contribution in [0.3, 0.4) is 0 Å². The first kappa shape index (κ1) is 19.9. The van der Waals surface area contributed by atoms with Gasteiger partial charge in [0.05, 0.1) is 0 Å². The zero-order chi connectivity index (χ0) is 21.2. The first-order chi connectivity index (χ1) is 14.5. The van der Waals surface area contributed by atoms with Crippen LogP contribution in [0.25, 0.3) is 0 Å². The van der Waals surface area contributed by atoms with Gasteiger partial charge in [-0.1, -0.05) is 78.9 Å². The van der Waals surface area contributed by atoms with Crippen molar-refractivity contribution in [2.24, 2.45) is 0 Å². The molecule has 0 aliphatic carbocycles. The Morgan fingerprint density at radius 1 is 0.800 bits per heavy atom. The maximum absolute atomic E-state index is 13.7. The molecule has 1 aliphatic heterocycles. The average molecular weight is 422 g/mol. The Balaban J connectivity index is 1.83. The average Bonchev–Trinajstić information content (AvgIpc) is 3.07. The highest BCUT2D eigenvalue weighted by Crippen LogP contribution is 2.55. The van der Waals surface area contributed by atoms with E-state index >= 15 is 0 Å². The van der Waals surface area contributed by atoms with E-state index in [4.69, 9.17) is 9.05 Å². The minimum Gasteiger partial charge on any atom is -0.409 e. The molecule has 1 N–H and O–H groups in total. The highest BCUT2D eigenvalue weighted by atomic mass is 31.2. The summed E-state index contributed by atoms with van der Waals surface area (Å²) in [4.78, 5) is 26.7. The number of benzene rings is 3. The quantitative estimate of drug-likeness (QED) is 0.473. The van der Waals surface area contributed by atoms with E-state index < -0.39 is 25.2 Å². The van der Waals surface area contributed by atoms with Crippen LogP contribution in [0.4, 0.5) is 4.79 Å². The van der Waals surface area contributed by atoms with Crippen LogP contribution in [-0.4, -0.2) is 23.7 Å². The molecule has 1 atom stereocenters. The van der Waals surface area contributed by atoms with E-state index in [1.807, 2.05) is 0 Å². The molecule has 7 nitrogen and oxygen atoms in total. The summed E-state index contributed by atoms with van der Waals surface area (Å²) in [6.07, 6.45) is 0. The Morgan fingerprint density at radius 2 is 1.27 bits per heavy atom. The van der Waals surface area contributed by atoms with Crippen LogP contribution in [0.1, 0.15) is 11.1 Å². The number of imide groups is 1. The summed E-state index contributed by atoms with van der Waals surface area (Å²) in [5, 5.41) is 2.73. The number of nitrogens with one attached hydrogen (secondary N) is 1. The van der Waals surface area contributed by atoms with Crippen LogP contribution >= 0.6 is 7.75 Å². The second-order valence-electron chi connectivity index (χ2n) is 6.58. The van der Waals surface area contributed by atoms with E-state index in [0.29, 0.717) is 15.8 Å². The monoisotopic (exact) mass is 422 g/mol. The van der Waals surface area contributed by atoms with E-state index in [9.17, 15) is 14.2 Å². The summed E-state index contributed by atoms with van der Waals surface area (Å²) in [6.45, 7) is 0. The van der Waals surface area contributed by atoms with E-state index in [-0.39, 0.29) is 5.75 Å². The number of urea groups is 1. The molecule has 1 heterocycles. The van der Waals surface area contributed by atoms with E-state index in [0.717, 1.165) is 7.11 Å². The topological polar surface area (TPSA) is 84.9 Å². The largest absolute Gasteiger partial charge is 0.499 e. The lowest BCUT2D eigenvalue weighted by molar-refractivity contribution is -0.127. The number of nitrogens with zero attached hydrogens (tertiary/aromatic N) is 1. The van der Waals surface area contributed by atoms with Crippen LogP contribution in [-0.2, 0) is 19.4 Å². The molecular formula is C22H19N2O5P. The summed E-state index contributed by atoms with van der Waals surface area (Å²) < 4.78 is 24.7. The van der Waals surface area contributed by atoms with E-state index in [1.54, 1.807) is 91.0 Å². The fourth-order valence-electron chi connectivity index (χ4n) is 3.45. The molecule has 0 bridgehead atoms. The zero-order valence-corrected chi connectivity index (χ0v) is 17.0. The number of hydrogen-bond donors (Lipinski definition) is 1. The van der Waals surface area contributed by atoms with Crippen molar-refractivity contribution in [2.75, 3.05) is 7.11 Å². The van der Waals surface area contributed by atoms with Crippen LogP contribution in [0.15, 0.2) is 91.0 Å². The lowest BCUT2D eigenvalue weighted by Gasteiger charge is -2.29. The summed E-state index contributed by atoms with van der Waals surface area (Å²) in [5.74, 6) is -0.536. The van der Waals surface area contributed by atoms with E-state index in [2.05, 4.69) is 5.32 Å². The molecule has 3 amide bonds. The molecule has 4 rings (SSSR count). The van der Waals surface area contributed by atoms with Crippen LogP contribution in [0.2, 0.25) is 0 Å². The fourth-order valence-corrected chi connectivity index (χ4v) is 4.80. The van der Waals surface area contributed by atoms with Gasteiger partial charge in [0.15, 0.2) is 5.54 Å². The molecular weight excluding hydrogens is 403 g/mol. The first-order valence-corrected chi connectivity index (χ1v) is 10.7. The van der Waals surface area contributed by atoms with Crippen molar-refractivity contribution in [1.82, 2.24) is 9.99 Å². The smallest absolute Gasteiger partial charge is 0.409 e. The van der Waals surface area contributed by atoms with Gasteiger partial charge < -0.3 is 9.84 Å². The third-order valence-electron chi connectivity index (χ3n) is 4.85. The van der Waals surface area contributed by atoms with Crippen molar-refractivity contribution in [1.29, 1.82) is 0 Å². The molecule has 0 aromatic heterocycles. The van der Waals surface area contributed by atoms with Crippen molar-refractivity contribution in [3.8, 4) is 5.75 Å². The molecule has 152 valence electrons. The predicted octanol–water partition coefficient (Wildman–Crippen LogP) is 4.32. The number of amides is 3. The fraction of sp³-hybridized carbons (Fsp3) is 0.0909. The van der Waals surface area contributed by atoms with Gasteiger partial charge in [-0.05, 0) is 23.3 Å².